The van der Waals surface area contributed by atoms with Crippen LogP contribution in [0.3, 0.4) is 0 Å². The Morgan fingerprint density at radius 1 is 1.10 bits per heavy atom. The predicted octanol–water partition coefficient (Wildman–Crippen LogP) is 5.13. The number of fused-ring (bicyclic) bond motifs is 1. The van der Waals surface area contributed by atoms with Crippen molar-refractivity contribution in [2.75, 3.05) is 24.1 Å². The number of hydrogen-bond donors (Lipinski definition) is 0. The van der Waals surface area contributed by atoms with Crippen LogP contribution >= 0.6 is 0 Å². The lowest BCUT2D eigenvalue weighted by molar-refractivity contribution is -0.114. The van der Waals surface area contributed by atoms with Crippen LogP contribution in [-0.4, -0.2) is 31.3 Å². The van der Waals surface area contributed by atoms with E-state index in [1.54, 1.807) is 7.11 Å². The molecule has 2 aliphatic heterocycles. The Hall–Kier alpha value is -3.34. The quantitative estimate of drug-likeness (QED) is 0.670. The molecular weight excluding hydrogens is 374 g/mol. The van der Waals surface area contributed by atoms with Crippen molar-refractivity contribution in [3.8, 4) is 5.75 Å². The average Bonchev–Trinajstić information content (AvgIpc) is 3.00. The van der Waals surface area contributed by atoms with Gasteiger partial charge in [-0.3, -0.25) is 4.79 Å². The molecule has 2 heterocycles. The minimum atomic E-state index is -0.135. The van der Waals surface area contributed by atoms with Crippen LogP contribution in [0.1, 0.15) is 38.8 Å². The lowest BCUT2D eigenvalue weighted by Gasteiger charge is -2.41. The molecule has 1 amide bonds. The molecule has 5 heteroatoms. The van der Waals surface area contributed by atoms with Crippen LogP contribution in [-0.2, 0) is 4.79 Å². The number of allylic oxidation sites excluding steroid dienone is 1. The maximum atomic E-state index is 13.1. The summed E-state index contributed by atoms with van der Waals surface area (Å²) in [6.07, 6.45) is 4.15. The van der Waals surface area contributed by atoms with Crippen molar-refractivity contribution in [3.63, 3.8) is 0 Å². The zero-order chi connectivity index (χ0) is 21.6. The average molecular weight is 402 g/mol. The van der Waals surface area contributed by atoms with Crippen molar-refractivity contribution in [1.82, 2.24) is 0 Å². The summed E-state index contributed by atoms with van der Waals surface area (Å²) < 4.78 is 5.70. The van der Waals surface area contributed by atoms with Crippen molar-refractivity contribution in [1.29, 1.82) is 0 Å². The summed E-state index contributed by atoms with van der Waals surface area (Å²) in [5.41, 5.74) is 6.28. The number of methoxy groups -OCH3 is 1. The highest BCUT2D eigenvalue weighted by Crippen LogP contribution is 2.42. The van der Waals surface area contributed by atoms with Crippen molar-refractivity contribution in [2.24, 2.45) is 5.10 Å². The normalized spacial score (nSPS) is 19.0. The van der Waals surface area contributed by atoms with Gasteiger partial charge < -0.3 is 9.64 Å². The molecule has 2 aliphatic rings. The van der Waals surface area contributed by atoms with Gasteiger partial charge in [0.25, 0.3) is 5.91 Å². The van der Waals surface area contributed by atoms with Crippen LogP contribution in [0, 0.1) is 0 Å². The van der Waals surface area contributed by atoms with Gasteiger partial charge in [0.05, 0.1) is 29.6 Å². The van der Waals surface area contributed by atoms with Gasteiger partial charge in [-0.15, -0.1) is 0 Å². The van der Waals surface area contributed by atoms with E-state index >= 15 is 0 Å². The molecule has 5 nitrogen and oxygen atoms in total. The zero-order valence-corrected chi connectivity index (χ0v) is 18.4. The number of ether oxygens (including phenoxy) is 1. The SMILES string of the molecule is COc1cc2c(cc1/C=C1\C(=O)N(c3ccccc3)N=C1C)C(C)=CC(C)(C)N2C. The molecule has 2 aromatic carbocycles. The standard InChI is InChI=1S/C25H27N3O2/c1-16-15-25(3,4)27(5)22-14-23(30-6)18(12-20(16)22)13-21-17(2)26-28(24(21)29)19-10-8-7-9-11-19/h7-15H,1-6H3/b21-13-. The van der Waals surface area contributed by atoms with Gasteiger partial charge >= 0.3 is 0 Å². The molecule has 154 valence electrons. The second-order valence-electron chi connectivity index (χ2n) is 8.35. The van der Waals surface area contributed by atoms with Crippen LogP contribution in [0.25, 0.3) is 11.6 Å². The van der Waals surface area contributed by atoms with E-state index in [1.807, 2.05) is 43.3 Å². The number of nitrogens with zero attached hydrogens (tertiary/aromatic N) is 3. The molecule has 0 saturated heterocycles. The monoisotopic (exact) mass is 401 g/mol. The topological polar surface area (TPSA) is 45.1 Å². The summed E-state index contributed by atoms with van der Waals surface area (Å²) in [7, 11) is 3.75. The molecule has 0 N–H and O–H groups in total. The molecule has 0 bridgehead atoms. The number of anilines is 2. The fourth-order valence-electron chi connectivity index (χ4n) is 4.07. The molecule has 4 rings (SSSR count). The Labute approximate surface area is 178 Å². The van der Waals surface area contributed by atoms with Crippen LogP contribution in [0.5, 0.6) is 5.75 Å². The molecule has 0 aliphatic carbocycles. The highest BCUT2D eigenvalue weighted by molar-refractivity contribution is 6.32. The minimum absolute atomic E-state index is 0.0804. The molecular formula is C25H27N3O2. The van der Waals surface area contributed by atoms with E-state index in [4.69, 9.17) is 4.74 Å². The number of para-hydroxylation sites is 1. The van der Waals surface area contributed by atoms with Gasteiger partial charge in [0.15, 0.2) is 0 Å². The zero-order valence-electron chi connectivity index (χ0n) is 18.4. The molecule has 0 spiro atoms. The summed E-state index contributed by atoms with van der Waals surface area (Å²) in [6.45, 7) is 8.37. The van der Waals surface area contributed by atoms with E-state index in [2.05, 4.69) is 56.0 Å². The first-order chi connectivity index (χ1) is 14.2. The van der Waals surface area contributed by atoms with Gasteiger partial charge in [0, 0.05) is 29.9 Å². The molecule has 0 saturated carbocycles. The predicted molar refractivity (Wildman–Crippen MR) is 124 cm³/mol. The van der Waals surface area contributed by atoms with Crippen LogP contribution in [0.15, 0.2) is 59.2 Å². The Morgan fingerprint density at radius 2 is 1.80 bits per heavy atom. The fourth-order valence-corrected chi connectivity index (χ4v) is 4.07. The third-order valence-electron chi connectivity index (χ3n) is 5.93. The Bertz CT molecular complexity index is 1110. The molecule has 0 fully saturated rings. The van der Waals surface area contributed by atoms with E-state index in [-0.39, 0.29) is 11.4 Å². The molecule has 0 atom stereocenters. The highest BCUT2D eigenvalue weighted by Gasteiger charge is 2.31. The maximum Gasteiger partial charge on any atom is 0.280 e. The lowest BCUT2D eigenvalue weighted by Crippen LogP contribution is -2.42. The largest absolute Gasteiger partial charge is 0.496 e. The third-order valence-corrected chi connectivity index (χ3v) is 5.93. The first-order valence-corrected chi connectivity index (χ1v) is 10.1. The molecule has 2 aromatic rings. The van der Waals surface area contributed by atoms with Crippen molar-refractivity contribution >= 4 is 34.6 Å². The maximum absolute atomic E-state index is 13.1. The molecule has 0 radical (unpaired) electrons. The lowest BCUT2D eigenvalue weighted by atomic mass is 9.88. The Balaban J connectivity index is 1.79. The number of amides is 1. The summed E-state index contributed by atoms with van der Waals surface area (Å²) in [5, 5.41) is 5.93. The molecule has 0 unspecified atom stereocenters. The van der Waals surface area contributed by atoms with E-state index in [0.717, 1.165) is 28.3 Å². The third kappa shape index (κ3) is 3.20. The second kappa shape index (κ2) is 7.17. The van der Waals surface area contributed by atoms with Gasteiger partial charge in [-0.1, -0.05) is 24.3 Å². The molecule has 30 heavy (non-hydrogen) atoms. The number of likely N-dealkylation sites (N-methyl/N-ethyl adjacent to an activating group) is 1. The summed E-state index contributed by atoms with van der Waals surface area (Å²) in [5.74, 6) is 0.598. The molecule has 0 aromatic heterocycles. The smallest absolute Gasteiger partial charge is 0.280 e. The fraction of sp³-hybridized carbons (Fsp3) is 0.280. The number of hydrazone groups is 1. The van der Waals surface area contributed by atoms with Crippen molar-refractivity contribution in [3.05, 3.63) is 65.2 Å². The summed E-state index contributed by atoms with van der Waals surface area (Å²) in [4.78, 5) is 15.3. The van der Waals surface area contributed by atoms with Gasteiger partial charge in [-0.05, 0) is 57.5 Å². The Kier molecular flexibility index (Phi) is 4.77. The van der Waals surface area contributed by atoms with Crippen LogP contribution in [0.2, 0.25) is 0 Å². The van der Waals surface area contributed by atoms with Crippen LogP contribution < -0.4 is 14.6 Å². The van der Waals surface area contributed by atoms with Gasteiger partial charge in [0.1, 0.15) is 5.75 Å². The summed E-state index contributed by atoms with van der Waals surface area (Å²) in [6, 6.07) is 13.6. The van der Waals surface area contributed by atoms with E-state index in [1.165, 1.54) is 10.6 Å². The first-order valence-electron chi connectivity index (χ1n) is 10.1. The second-order valence-corrected chi connectivity index (χ2v) is 8.35. The number of carbonyl (C=O) groups excluding carboxylic acids is 1. The van der Waals surface area contributed by atoms with Crippen molar-refractivity contribution < 1.29 is 9.53 Å². The van der Waals surface area contributed by atoms with Gasteiger partial charge in [-0.2, -0.15) is 10.1 Å². The first kappa shape index (κ1) is 20.0. The number of hydrogen-bond acceptors (Lipinski definition) is 4. The van der Waals surface area contributed by atoms with E-state index in [9.17, 15) is 4.79 Å². The Morgan fingerprint density at radius 3 is 2.47 bits per heavy atom. The van der Waals surface area contributed by atoms with Gasteiger partial charge in [0.2, 0.25) is 0 Å². The van der Waals surface area contributed by atoms with E-state index in [0.29, 0.717) is 11.3 Å². The van der Waals surface area contributed by atoms with Gasteiger partial charge in [-0.25, -0.2) is 0 Å². The van der Waals surface area contributed by atoms with Crippen LogP contribution in [0.4, 0.5) is 11.4 Å². The minimum Gasteiger partial charge on any atom is -0.496 e. The highest BCUT2D eigenvalue weighted by atomic mass is 16.5. The summed E-state index contributed by atoms with van der Waals surface area (Å²) >= 11 is 0. The van der Waals surface area contributed by atoms with Crippen molar-refractivity contribution in [2.45, 2.75) is 33.2 Å². The number of benzene rings is 2. The van der Waals surface area contributed by atoms with E-state index < -0.39 is 0 Å². The number of carbonyl (C=O) groups is 1. The number of rotatable bonds is 3.